The SMILES string of the molecule is CNCC(c1ccc(Oc2ccc(C)cc2)c(Oc2ccc(C)cc2)c1)S(=O)(=O)OC=O. The summed E-state index contributed by atoms with van der Waals surface area (Å²) in [5, 5.41) is 1.70. The van der Waals surface area contributed by atoms with Crippen molar-refractivity contribution in [3.63, 3.8) is 0 Å². The molecule has 1 atom stereocenters. The van der Waals surface area contributed by atoms with Gasteiger partial charge in [0.1, 0.15) is 16.7 Å². The molecule has 3 aromatic carbocycles. The molecule has 8 heteroatoms. The summed E-state index contributed by atoms with van der Waals surface area (Å²) in [6.07, 6.45) is 0. The molecule has 168 valence electrons. The lowest BCUT2D eigenvalue weighted by atomic mass is 10.1. The summed E-state index contributed by atoms with van der Waals surface area (Å²) in [4.78, 5) is 10.7. The summed E-state index contributed by atoms with van der Waals surface area (Å²) in [5.41, 5.74) is 2.56. The lowest BCUT2D eigenvalue weighted by Crippen LogP contribution is -2.26. The molecular weight excluding hydrogens is 430 g/mol. The van der Waals surface area contributed by atoms with E-state index in [1.165, 1.54) is 0 Å². The summed E-state index contributed by atoms with van der Waals surface area (Å²) in [6, 6.07) is 19.8. The number of hydrogen-bond donors (Lipinski definition) is 1. The number of aryl methyl sites for hydroxylation is 2. The predicted molar refractivity (Wildman–Crippen MR) is 122 cm³/mol. The van der Waals surface area contributed by atoms with Gasteiger partial charge in [0.25, 0.3) is 0 Å². The average molecular weight is 456 g/mol. The Morgan fingerprint density at radius 1 is 0.844 bits per heavy atom. The number of likely N-dealkylation sites (N-methyl/N-ethyl adjacent to an activating group) is 1. The molecule has 1 unspecified atom stereocenters. The van der Waals surface area contributed by atoms with E-state index in [4.69, 9.17) is 9.47 Å². The van der Waals surface area contributed by atoms with Gasteiger partial charge < -0.3 is 19.0 Å². The molecule has 0 fully saturated rings. The molecule has 32 heavy (non-hydrogen) atoms. The average Bonchev–Trinajstić information content (AvgIpc) is 2.76. The van der Waals surface area contributed by atoms with Crippen LogP contribution in [0, 0.1) is 13.8 Å². The predicted octanol–water partition coefficient (Wildman–Crippen LogP) is 4.65. The van der Waals surface area contributed by atoms with Crippen molar-refractivity contribution >= 4 is 16.6 Å². The number of carbonyl (C=O) groups is 1. The summed E-state index contributed by atoms with van der Waals surface area (Å²) in [7, 11) is -2.57. The summed E-state index contributed by atoms with van der Waals surface area (Å²) >= 11 is 0. The number of carbonyl (C=O) groups excluding carboxylic acids is 1. The Morgan fingerprint density at radius 3 is 1.88 bits per heavy atom. The fourth-order valence-electron chi connectivity index (χ4n) is 3.05. The monoisotopic (exact) mass is 455 g/mol. The molecule has 0 bridgehead atoms. The van der Waals surface area contributed by atoms with Crippen molar-refractivity contribution in [1.29, 1.82) is 0 Å². The molecule has 1 N–H and O–H groups in total. The second kappa shape index (κ2) is 10.3. The van der Waals surface area contributed by atoms with Crippen LogP contribution < -0.4 is 14.8 Å². The van der Waals surface area contributed by atoms with Crippen molar-refractivity contribution in [2.24, 2.45) is 0 Å². The lowest BCUT2D eigenvalue weighted by molar-refractivity contribution is -0.120. The molecule has 7 nitrogen and oxygen atoms in total. The Hall–Kier alpha value is -3.36. The van der Waals surface area contributed by atoms with E-state index in [0.29, 0.717) is 28.6 Å². The van der Waals surface area contributed by atoms with Crippen LogP contribution in [0.4, 0.5) is 0 Å². The van der Waals surface area contributed by atoms with E-state index in [9.17, 15) is 13.2 Å². The maximum Gasteiger partial charge on any atom is 0.319 e. The molecule has 0 spiro atoms. The Kier molecular flexibility index (Phi) is 7.50. The number of nitrogens with one attached hydrogen (secondary N) is 1. The van der Waals surface area contributed by atoms with Gasteiger partial charge in [-0.25, -0.2) is 0 Å². The van der Waals surface area contributed by atoms with E-state index in [1.807, 2.05) is 62.4 Å². The zero-order chi connectivity index (χ0) is 23.1. The van der Waals surface area contributed by atoms with Gasteiger partial charge in [0.2, 0.25) is 0 Å². The molecule has 0 aliphatic rings. The highest BCUT2D eigenvalue weighted by Crippen LogP contribution is 2.38. The van der Waals surface area contributed by atoms with Crippen LogP contribution in [-0.2, 0) is 19.1 Å². The van der Waals surface area contributed by atoms with Crippen molar-refractivity contribution in [2.75, 3.05) is 13.6 Å². The number of rotatable bonds is 10. The highest BCUT2D eigenvalue weighted by Gasteiger charge is 2.29. The number of hydrogen-bond acceptors (Lipinski definition) is 7. The van der Waals surface area contributed by atoms with Crippen molar-refractivity contribution in [3.8, 4) is 23.0 Å². The molecule has 0 saturated heterocycles. The van der Waals surface area contributed by atoms with Crippen LogP contribution >= 0.6 is 0 Å². The van der Waals surface area contributed by atoms with Gasteiger partial charge in [0.05, 0.1) is 0 Å². The van der Waals surface area contributed by atoms with Crippen molar-refractivity contribution in [2.45, 2.75) is 19.1 Å². The largest absolute Gasteiger partial charge is 0.453 e. The van der Waals surface area contributed by atoms with E-state index in [1.54, 1.807) is 25.2 Å². The Labute approximate surface area is 188 Å². The zero-order valence-electron chi connectivity index (χ0n) is 18.1. The van der Waals surface area contributed by atoms with Gasteiger partial charge in [0, 0.05) is 6.54 Å². The first-order chi connectivity index (χ1) is 15.3. The van der Waals surface area contributed by atoms with Crippen molar-refractivity contribution in [1.82, 2.24) is 5.32 Å². The molecule has 0 amide bonds. The first-order valence-corrected chi connectivity index (χ1v) is 11.4. The van der Waals surface area contributed by atoms with Gasteiger partial charge in [-0.3, -0.25) is 4.79 Å². The van der Waals surface area contributed by atoms with E-state index in [-0.39, 0.29) is 13.0 Å². The molecule has 0 aliphatic carbocycles. The number of ether oxygens (including phenoxy) is 2. The minimum Gasteiger partial charge on any atom is -0.453 e. The topological polar surface area (TPSA) is 90.9 Å². The molecule has 0 aromatic heterocycles. The zero-order valence-corrected chi connectivity index (χ0v) is 18.9. The molecule has 0 radical (unpaired) electrons. The van der Waals surface area contributed by atoms with Crippen LogP contribution in [0.15, 0.2) is 66.7 Å². The van der Waals surface area contributed by atoms with Crippen molar-refractivity contribution in [3.05, 3.63) is 83.4 Å². The van der Waals surface area contributed by atoms with Crippen LogP contribution in [0.3, 0.4) is 0 Å². The van der Waals surface area contributed by atoms with Gasteiger partial charge in [0.15, 0.2) is 11.5 Å². The van der Waals surface area contributed by atoms with Gasteiger partial charge in [-0.15, -0.1) is 0 Å². The summed E-state index contributed by atoms with van der Waals surface area (Å²) in [5.74, 6) is 1.92. The fraction of sp³-hybridized carbons (Fsp3) is 0.208. The van der Waals surface area contributed by atoms with E-state index < -0.39 is 15.4 Å². The van der Waals surface area contributed by atoms with Crippen LogP contribution in [0.2, 0.25) is 0 Å². The lowest BCUT2D eigenvalue weighted by Gasteiger charge is -2.19. The van der Waals surface area contributed by atoms with Gasteiger partial charge >= 0.3 is 16.6 Å². The third-order valence-corrected chi connectivity index (χ3v) is 6.23. The Balaban J connectivity index is 2.03. The van der Waals surface area contributed by atoms with Gasteiger partial charge in [-0.05, 0) is 62.9 Å². The van der Waals surface area contributed by atoms with Crippen LogP contribution in [0.5, 0.6) is 23.0 Å². The smallest absolute Gasteiger partial charge is 0.319 e. The minimum absolute atomic E-state index is 0.0400. The van der Waals surface area contributed by atoms with Gasteiger partial charge in [-0.1, -0.05) is 41.5 Å². The highest BCUT2D eigenvalue weighted by atomic mass is 32.2. The first-order valence-electron chi connectivity index (χ1n) is 9.95. The molecule has 0 heterocycles. The molecule has 3 rings (SSSR count). The summed E-state index contributed by atoms with van der Waals surface area (Å²) in [6.45, 7) is 3.90. The maximum atomic E-state index is 12.5. The second-order valence-electron chi connectivity index (χ2n) is 7.27. The van der Waals surface area contributed by atoms with Crippen LogP contribution in [0.1, 0.15) is 21.9 Å². The molecule has 0 saturated carbocycles. The molecule has 0 aliphatic heterocycles. The molecular formula is C24H25NO6S. The normalized spacial score (nSPS) is 12.1. The van der Waals surface area contributed by atoms with E-state index in [0.717, 1.165) is 11.1 Å². The standard InChI is InChI=1S/C24H25NO6S/c1-17-4-9-20(10-5-17)30-22-13-8-19(24(15-25-3)32(27,28)29-16-26)14-23(22)31-21-11-6-18(2)7-12-21/h4-14,16,24-25H,15H2,1-3H3. The Bertz CT molecular complexity index is 1160. The summed E-state index contributed by atoms with van der Waals surface area (Å²) < 4.78 is 41.4. The minimum atomic E-state index is -4.19. The van der Waals surface area contributed by atoms with Gasteiger partial charge in [-0.2, -0.15) is 8.42 Å². The third kappa shape index (κ3) is 5.87. The van der Waals surface area contributed by atoms with E-state index >= 15 is 0 Å². The fourth-order valence-corrected chi connectivity index (χ4v) is 4.14. The van der Waals surface area contributed by atoms with Crippen molar-refractivity contribution < 1.29 is 26.9 Å². The van der Waals surface area contributed by atoms with Crippen LogP contribution in [-0.4, -0.2) is 28.5 Å². The second-order valence-corrected chi connectivity index (χ2v) is 9.02. The maximum absolute atomic E-state index is 12.5. The highest BCUT2D eigenvalue weighted by molar-refractivity contribution is 7.87. The Morgan fingerprint density at radius 2 is 1.38 bits per heavy atom. The quantitative estimate of drug-likeness (QED) is 0.351. The molecule has 3 aromatic rings. The number of benzene rings is 3. The van der Waals surface area contributed by atoms with E-state index in [2.05, 4.69) is 9.50 Å². The third-order valence-electron chi connectivity index (χ3n) is 4.75. The van der Waals surface area contributed by atoms with Crippen LogP contribution in [0.25, 0.3) is 0 Å². The first kappa shape index (κ1) is 23.3.